The van der Waals surface area contributed by atoms with Crippen LogP contribution in [0.15, 0.2) is 24.3 Å². The lowest BCUT2D eigenvalue weighted by Gasteiger charge is -2.23. The Labute approximate surface area is 105 Å². The van der Waals surface area contributed by atoms with Crippen molar-refractivity contribution in [3.63, 3.8) is 0 Å². The van der Waals surface area contributed by atoms with Crippen molar-refractivity contribution in [3.8, 4) is 0 Å². The molecule has 92 valence electrons. The van der Waals surface area contributed by atoms with E-state index in [9.17, 15) is 4.79 Å². The predicted molar refractivity (Wildman–Crippen MR) is 69.6 cm³/mol. The summed E-state index contributed by atoms with van der Waals surface area (Å²) >= 11 is 0. The largest absolute Gasteiger partial charge is 0.309 e. The molecular weight excluding hydrogens is 226 g/mol. The van der Waals surface area contributed by atoms with Crippen LogP contribution in [0.4, 0.5) is 5.82 Å². The van der Waals surface area contributed by atoms with Gasteiger partial charge in [-0.25, -0.2) is 0 Å². The maximum atomic E-state index is 11.7. The van der Waals surface area contributed by atoms with Gasteiger partial charge in [-0.1, -0.05) is 29.8 Å². The van der Waals surface area contributed by atoms with Gasteiger partial charge >= 0.3 is 0 Å². The molecule has 0 spiro atoms. The number of carbonyl (C=O) groups excluding carboxylic acids is 1. The molecule has 1 amide bonds. The molecule has 4 nitrogen and oxygen atoms in total. The maximum Gasteiger partial charge on any atom is 0.226 e. The standard InChI is InChI=1S/C14H15N3O/c1-8-3-5-10(6-4-8)11-7-12(18)15-14-13(11)9(2)16-17-14/h3-6,11H,7H2,1-2H3,(H2,15,16,17,18)/t11-/m1/s1. The van der Waals surface area contributed by atoms with E-state index in [0.29, 0.717) is 12.2 Å². The summed E-state index contributed by atoms with van der Waals surface area (Å²) in [6.07, 6.45) is 0.483. The molecule has 0 saturated heterocycles. The lowest BCUT2D eigenvalue weighted by atomic mass is 9.85. The van der Waals surface area contributed by atoms with Crippen LogP contribution in [0.1, 0.15) is 34.7 Å². The van der Waals surface area contributed by atoms with Crippen LogP contribution >= 0.6 is 0 Å². The summed E-state index contributed by atoms with van der Waals surface area (Å²) in [4.78, 5) is 11.7. The molecule has 1 atom stereocenters. The predicted octanol–water partition coefficient (Wildman–Crippen LogP) is 2.50. The van der Waals surface area contributed by atoms with E-state index in [1.807, 2.05) is 6.92 Å². The summed E-state index contributed by atoms with van der Waals surface area (Å²) in [7, 11) is 0. The highest BCUT2D eigenvalue weighted by molar-refractivity contribution is 5.94. The van der Waals surface area contributed by atoms with E-state index in [1.165, 1.54) is 11.1 Å². The third kappa shape index (κ3) is 1.70. The van der Waals surface area contributed by atoms with E-state index in [0.717, 1.165) is 11.3 Å². The number of benzene rings is 1. The average Bonchev–Trinajstić information content (AvgIpc) is 2.71. The second-order valence-corrected chi connectivity index (χ2v) is 4.83. The Morgan fingerprint density at radius 1 is 1.22 bits per heavy atom. The van der Waals surface area contributed by atoms with Crippen LogP contribution in [-0.2, 0) is 4.79 Å². The topological polar surface area (TPSA) is 57.8 Å². The number of aromatic amines is 1. The first kappa shape index (κ1) is 11.0. The Morgan fingerprint density at radius 2 is 1.94 bits per heavy atom. The normalized spacial score (nSPS) is 18.3. The minimum atomic E-state index is 0.0274. The van der Waals surface area contributed by atoms with E-state index < -0.39 is 0 Å². The summed E-state index contributed by atoms with van der Waals surface area (Å²) in [5, 5.41) is 9.90. The lowest BCUT2D eigenvalue weighted by Crippen LogP contribution is -2.23. The summed E-state index contributed by atoms with van der Waals surface area (Å²) < 4.78 is 0. The maximum absolute atomic E-state index is 11.7. The van der Waals surface area contributed by atoms with Crippen LogP contribution in [0.2, 0.25) is 0 Å². The van der Waals surface area contributed by atoms with Crippen molar-refractivity contribution in [3.05, 3.63) is 46.6 Å². The molecule has 1 aromatic carbocycles. The number of nitrogens with one attached hydrogen (secondary N) is 2. The van der Waals surface area contributed by atoms with Crippen molar-refractivity contribution in [1.82, 2.24) is 10.2 Å². The van der Waals surface area contributed by atoms with Crippen LogP contribution in [0, 0.1) is 13.8 Å². The Hall–Kier alpha value is -2.10. The van der Waals surface area contributed by atoms with Gasteiger partial charge < -0.3 is 5.32 Å². The summed E-state index contributed by atoms with van der Waals surface area (Å²) in [6.45, 7) is 4.05. The summed E-state index contributed by atoms with van der Waals surface area (Å²) in [5.41, 5.74) is 4.53. The fourth-order valence-electron chi connectivity index (χ4n) is 2.51. The number of rotatable bonds is 1. The molecule has 4 heteroatoms. The van der Waals surface area contributed by atoms with Gasteiger partial charge in [-0.3, -0.25) is 9.89 Å². The number of fused-ring (bicyclic) bond motifs is 1. The Kier molecular flexibility index (Phi) is 2.44. The Balaban J connectivity index is 2.09. The molecule has 3 rings (SSSR count). The zero-order valence-corrected chi connectivity index (χ0v) is 10.4. The first-order valence-corrected chi connectivity index (χ1v) is 6.06. The number of H-pyrrole nitrogens is 1. The van der Waals surface area contributed by atoms with Crippen LogP contribution < -0.4 is 5.32 Å². The number of hydrogen-bond donors (Lipinski definition) is 2. The minimum absolute atomic E-state index is 0.0274. The van der Waals surface area contributed by atoms with Crippen molar-refractivity contribution in [2.24, 2.45) is 0 Å². The highest BCUT2D eigenvalue weighted by Gasteiger charge is 2.30. The van der Waals surface area contributed by atoms with Crippen LogP contribution in [-0.4, -0.2) is 16.1 Å². The first-order valence-electron chi connectivity index (χ1n) is 6.06. The molecule has 2 aromatic rings. The number of carbonyl (C=O) groups is 1. The van der Waals surface area contributed by atoms with Crippen molar-refractivity contribution in [1.29, 1.82) is 0 Å². The third-order valence-corrected chi connectivity index (χ3v) is 3.47. The number of aryl methyl sites for hydroxylation is 2. The third-order valence-electron chi connectivity index (χ3n) is 3.47. The Bertz CT molecular complexity index is 598. The number of nitrogens with zero attached hydrogens (tertiary/aromatic N) is 1. The molecule has 1 aliphatic rings. The van der Waals surface area contributed by atoms with Crippen molar-refractivity contribution in [2.75, 3.05) is 5.32 Å². The SMILES string of the molecule is Cc1ccc([C@H]2CC(=O)Nc3n[nH]c(C)c32)cc1. The zero-order valence-electron chi connectivity index (χ0n) is 10.4. The molecule has 18 heavy (non-hydrogen) atoms. The van der Waals surface area contributed by atoms with Crippen LogP contribution in [0.3, 0.4) is 0 Å². The van der Waals surface area contributed by atoms with E-state index >= 15 is 0 Å². The van der Waals surface area contributed by atoms with Crippen molar-refractivity contribution in [2.45, 2.75) is 26.2 Å². The van der Waals surface area contributed by atoms with Gasteiger partial charge in [-0.15, -0.1) is 0 Å². The van der Waals surface area contributed by atoms with Gasteiger partial charge in [-0.05, 0) is 19.4 Å². The van der Waals surface area contributed by atoms with E-state index in [4.69, 9.17) is 0 Å². The fraction of sp³-hybridized carbons (Fsp3) is 0.286. The molecule has 0 unspecified atom stereocenters. The highest BCUT2D eigenvalue weighted by Crippen LogP contribution is 2.37. The molecule has 0 aliphatic carbocycles. The van der Waals surface area contributed by atoms with E-state index in [1.54, 1.807) is 0 Å². The summed E-state index contributed by atoms with van der Waals surface area (Å²) in [5.74, 6) is 0.807. The van der Waals surface area contributed by atoms with Gasteiger partial charge in [0.15, 0.2) is 5.82 Å². The fourth-order valence-corrected chi connectivity index (χ4v) is 2.51. The number of hydrogen-bond acceptors (Lipinski definition) is 2. The summed E-state index contributed by atoms with van der Waals surface area (Å²) in [6, 6.07) is 8.34. The molecule has 0 bridgehead atoms. The van der Waals surface area contributed by atoms with E-state index in [2.05, 4.69) is 46.7 Å². The van der Waals surface area contributed by atoms with Crippen molar-refractivity contribution < 1.29 is 4.79 Å². The molecule has 1 aromatic heterocycles. The molecule has 0 fully saturated rings. The number of aromatic nitrogens is 2. The molecule has 2 heterocycles. The van der Waals surface area contributed by atoms with E-state index in [-0.39, 0.29) is 11.8 Å². The smallest absolute Gasteiger partial charge is 0.226 e. The average molecular weight is 241 g/mol. The second-order valence-electron chi connectivity index (χ2n) is 4.83. The second kappa shape index (κ2) is 3.98. The number of anilines is 1. The Morgan fingerprint density at radius 3 is 2.67 bits per heavy atom. The first-order chi connectivity index (χ1) is 8.65. The highest BCUT2D eigenvalue weighted by atomic mass is 16.1. The molecule has 0 saturated carbocycles. The van der Waals surface area contributed by atoms with Gasteiger partial charge in [0.05, 0.1) is 0 Å². The van der Waals surface area contributed by atoms with Gasteiger partial charge in [0.1, 0.15) is 0 Å². The monoisotopic (exact) mass is 241 g/mol. The molecule has 2 N–H and O–H groups in total. The lowest BCUT2D eigenvalue weighted by molar-refractivity contribution is -0.116. The zero-order chi connectivity index (χ0) is 12.7. The van der Waals surface area contributed by atoms with Gasteiger partial charge in [0, 0.05) is 23.6 Å². The minimum Gasteiger partial charge on any atom is -0.309 e. The quantitative estimate of drug-likeness (QED) is 0.806. The van der Waals surface area contributed by atoms with Gasteiger partial charge in [0.2, 0.25) is 5.91 Å². The van der Waals surface area contributed by atoms with Gasteiger partial charge in [-0.2, -0.15) is 5.10 Å². The van der Waals surface area contributed by atoms with Crippen LogP contribution in [0.25, 0.3) is 0 Å². The van der Waals surface area contributed by atoms with Crippen molar-refractivity contribution >= 4 is 11.7 Å². The molecular formula is C14H15N3O. The molecule has 0 radical (unpaired) electrons. The van der Waals surface area contributed by atoms with Crippen LogP contribution in [0.5, 0.6) is 0 Å². The number of amides is 1. The van der Waals surface area contributed by atoms with Gasteiger partial charge in [0.25, 0.3) is 0 Å². The molecule has 1 aliphatic heterocycles.